The van der Waals surface area contributed by atoms with Gasteiger partial charge in [0.15, 0.2) is 0 Å². The molecule has 0 aromatic carbocycles. The lowest BCUT2D eigenvalue weighted by molar-refractivity contribution is 0.669. The van der Waals surface area contributed by atoms with Crippen molar-refractivity contribution in [1.29, 1.82) is 0 Å². The molecule has 3 heteroatoms. The third kappa shape index (κ3) is 9.67. The molecule has 0 rings (SSSR count). The molecular formula is C8H15ClI2. The number of rotatable bonds is 6. The minimum atomic E-state index is 0.811. The molecular weight excluding hydrogens is 385 g/mol. The quantitative estimate of drug-likeness (QED) is 0.352. The van der Waals surface area contributed by atoms with Crippen molar-refractivity contribution in [2.24, 2.45) is 0 Å². The zero-order chi connectivity index (χ0) is 8.69. The van der Waals surface area contributed by atoms with E-state index in [9.17, 15) is 0 Å². The van der Waals surface area contributed by atoms with Gasteiger partial charge in [0.25, 0.3) is 0 Å². The summed E-state index contributed by atoms with van der Waals surface area (Å²) in [7, 11) is 0. The van der Waals surface area contributed by atoms with E-state index in [2.05, 4.69) is 52.1 Å². The fraction of sp³-hybridized carbons (Fsp3) is 1.00. The minimum Gasteiger partial charge on any atom is -0.127 e. The molecule has 0 saturated heterocycles. The lowest BCUT2D eigenvalue weighted by Gasteiger charge is -2.10. The van der Waals surface area contributed by atoms with Crippen molar-refractivity contribution < 1.29 is 0 Å². The number of alkyl halides is 3. The molecule has 0 aromatic heterocycles. The Morgan fingerprint density at radius 2 is 1.91 bits per heavy atom. The first-order chi connectivity index (χ1) is 5.16. The topological polar surface area (TPSA) is 0 Å². The van der Waals surface area contributed by atoms with E-state index in [1.54, 1.807) is 0 Å². The van der Waals surface area contributed by atoms with Crippen LogP contribution in [-0.4, -0.2) is 13.7 Å². The highest BCUT2D eigenvalue weighted by atomic mass is 127. The van der Waals surface area contributed by atoms with Gasteiger partial charge in [-0.15, -0.1) is 11.6 Å². The van der Waals surface area contributed by atoms with Crippen molar-refractivity contribution in [3.05, 3.63) is 0 Å². The highest BCUT2D eigenvalue weighted by Gasteiger charge is 2.06. The Morgan fingerprint density at radius 1 is 1.27 bits per heavy atom. The van der Waals surface area contributed by atoms with Crippen molar-refractivity contribution in [3.63, 3.8) is 0 Å². The second kappa shape index (κ2) is 8.35. The van der Waals surface area contributed by atoms with Crippen LogP contribution in [0.2, 0.25) is 0 Å². The van der Waals surface area contributed by atoms with Gasteiger partial charge in [-0.2, -0.15) is 0 Å². The molecule has 0 nitrogen and oxygen atoms in total. The van der Waals surface area contributed by atoms with E-state index in [1.807, 2.05) is 0 Å². The van der Waals surface area contributed by atoms with Crippen molar-refractivity contribution in [2.45, 2.75) is 40.5 Å². The molecule has 0 bridgehead atoms. The first-order valence-electron chi connectivity index (χ1n) is 4.01. The Balaban J connectivity index is 3.15. The average molecular weight is 400 g/mol. The van der Waals surface area contributed by atoms with Gasteiger partial charge in [-0.05, 0) is 19.3 Å². The highest BCUT2D eigenvalue weighted by Crippen LogP contribution is 2.19. The maximum absolute atomic E-state index is 5.59. The molecule has 0 aromatic rings. The predicted octanol–water partition coefficient (Wildman–Crippen LogP) is 4.41. The summed E-state index contributed by atoms with van der Waals surface area (Å²) < 4.78 is 1.66. The van der Waals surface area contributed by atoms with E-state index in [-0.39, 0.29) is 0 Å². The first-order valence-corrected chi connectivity index (χ1v) is 7.03. The molecule has 2 atom stereocenters. The molecule has 0 fully saturated rings. The maximum atomic E-state index is 5.59. The summed E-state index contributed by atoms with van der Waals surface area (Å²) in [4.78, 5) is 0. The van der Waals surface area contributed by atoms with E-state index in [4.69, 9.17) is 11.6 Å². The Morgan fingerprint density at radius 3 is 2.36 bits per heavy atom. The second-order valence-electron chi connectivity index (χ2n) is 2.80. The zero-order valence-electron chi connectivity index (χ0n) is 6.82. The summed E-state index contributed by atoms with van der Waals surface area (Å²) in [6, 6.07) is 0. The summed E-state index contributed by atoms with van der Waals surface area (Å²) in [6.07, 6.45) is 5.14. The summed E-state index contributed by atoms with van der Waals surface area (Å²) >= 11 is 10.6. The molecule has 0 radical (unpaired) electrons. The van der Waals surface area contributed by atoms with Gasteiger partial charge < -0.3 is 0 Å². The molecule has 68 valence electrons. The van der Waals surface area contributed by atoms with Gasteiger partial charge in [-0.3, -0.25) is 0 Å². The summed E-state index contributed by atoms with van der Waals surface area (Å²) in [6.45, 7) is 2.27. The molecule has 11 heavy (non-hydrogen) atoms. The maximum Gasteiger partial charge on any atom is 0.0223 e. The van der Waals surface area contributed by atoms with Crippen molar-refractivity contribution >= 4 is 56.8 Å². The Kier molecular flexibility index (Phi) is 9.68. The van der Waals surface area contributed by atoms with Crippen LogP contribution in [0, 0.1) is 0 Å². The van der Waals surface area contributed by atoms with Crippen LogP contribution in [0.1, 0.15) is 32.6 Å². The zero-order valence-corrected chi connectivity index (χ0v) is 11.9. The number of hydrogen-bond donors (Lipinski definition) is 0. The van der Waals surface area contributed by atoms with Crippen LogP contribution in [-0.2, 0) is 0 Å². The largest absolute Gasteiger partial charge is 0.127 e. The van der Waals surface area contributed by atoms with E-state index >= 15 is 0 Å². The third-order valence-corrected chi connectivity index (χ3v) is 3.39. The minimum absolute atomic E-state index is 0.811. The molecule has 2 unspecified atom stereocenters. The predicted molar refractivity (Wildman–Crippen MR) is 70.5 cm³/mol. The van der Waals surface area contributed by atoms with Gasteiger partial charge in [0.05, 0.1) is 0 Å². The first kappa shape index (κ1) is 12.8. The number of hydrogen-bond acceptors (Lipinski definition) is 0. The molecule has 0 heterocycles. The standard InChI is InChI=1S/C8H15ClI2/c1-7(10)6-8(11)4-2-3-5-9/h7-8H,2-6H2,1H3. The van der Waals surface area contributed by atoms with E-state index in [1.165, 1.54) is 25.7 Å². The van der Waals surface area contributed by atoms with E-state index in [0.29, 0.717) is 0 Å². The molecule has 0 N–H and O–H groups in total. The van der Waals surface area contributed by atoms with Gasteiger partial charge >= 0.3 is 0 Å². The van der Waals surface area contributed by atoms with Crippen LogP contribution in [0.4, 0.5) is 0 Å². The third-order valence-electron chi connectivity index (χ3n) is 1.48. The molecule has 0 saturated carbocycles. The molecule has 0 amide bonds. The van der Waals surface area contributed by atoms with Crippen LogP contribution in [0.3, 0.4) is 0 Å². The lowest BCUT2D eigenvalue weighted by atomic mass is 10.1. The monoisotopic (exact) mass is 400 g/mol. The van der Waals surface area contributed by atoms with Gasteiger partial charge in [0, 0.05) is 13.7 Å². The number of unbranched alkanes of at least 4 members (excludes halogenated alkanes) is 1. The molecule has 0 aliphatic carbocycles. The lowest BCUT2D eigenvalue weighted by Crippen LogP contribution is -2.03. The van der Waals surface area contributed by atoms with Gasteiger partial charge in [0.1, 0.15) is 0 Å². The summed E-state index contributed by atoms with van der Waals surface area (Å²) in [5, 5.41) is 0. The van der Waals surface area contributed by atoms with Gasteiger partial charge in [0.2, 0.25) is 0 Å². The van der Waals surface area contributed by atoms with Crippen molar-refractivity contribution in [2.75, 3.05) is 5.88 Å². The highest BCUT2D eigenvalue weighted by molar-refractivity contribution is 14.1. The Bertz CT molecular complexity index is 86.2. The average Bonchev–Trinajstić information content (AvgIpc) is 1.86. The van der Waals surface area contributed by atoms with Crippen LogP contribution in [0.25, 0.3) is 0 Å². The van der Waals surface area contributed by atoms with E-state index < -0.39 is 0 Å². The normalized spacial score (nSPS) is 16.4. The van der Waals surface area contributed by atoms with Crippen LogP contribution < -0.4 is 0 Å². The van der Waals surface area contributed by atoms with Crippen LogP contribution in [0.15, 0.2) is 0 Å². The Labute approximate surface area is 102 Å². The van der Waals surface area contributed by atoms with Gasteiger partial charge in [-0.25, -0.2) is 0 Å². The smallest absolute Gasteiger partial charge is 0.0223 e. The SMILES string of the molecule is CC(I)CC(I)CCCCCl. The Hall–Kier alpha value is 1.75. The van der Waals surface area contributed by atoms with Crippen molar-refractivity contribution in [3.8, 4) is 0 Å². The van der Waals surface area contributed by atoms with Crippen LogP contribution >= 0.6 is 56.8 Å². The fourth-order valence-electron chi connectivity index (χ4n) is 0.931. The summed E-state index contributed by atoms with van der Waals surface area (Å²) in [5.41, 5.74) is 0. The van der Waals surface area contributed by atoms with E-state index in [0.717, 1.165) is 13.7 Å². The molecule has 0 spiro atoms. The number of halogens is 3. The van der Waals surface area contributed by atoms with Gasteiger partial charge in [-0.1, -0.05) is 58.5 Å². The summed E-state index contributed by atoms with van der Waals surface area (Å²) in [5.74, 6) is 0.823. The second-order valence-corrected chi connectivity index (χ2v) is 7.06. The molecule has 0 aliphatic heterocycles. The molecule has 0 aliphatic rings. The van der Waals surface area contributed by atoms with Crippen LogP contribution in [0.5, 0.6) is 0 Å². The fourth-order valence-corrected chi connectivity index (χ4v) is 3.91. The van der Waals surface area contributed by atoms with Crippen molar-refractivity contribution in [1.82, 2.24) is 0 Å².